The number of nitrogens with zero attached hydrogens (tertiary/aromatic N) is 2. The number of halogens is 2. The van der Waals surface area contributed by atoms with Gasteiger partial charge in [-0.1, -0.05) is 58.7 Å². The zero-order chi connectivity index (χ0) is 18.5. The summed E-state index contributed by atoms with van der Waals surface area (Å²) in [6.07, 6.45) is 0. The zero-order valence-corrected chi connectivity index (χ0v) is 16.2. The first kappa shape index (κ1) is 18.8. The number of carbonyl (C=O) groups is 1. The lowest BCUT2D eigenvalue weighted by atomic mass is 10.1. The number of thioether (sulfide) groups is 1. The summed E-state index contributed by atoms with van der Waals surface area (Å²) < 4.78 is 5.58. The van der Waals surface area contributed by atoms with Crippen LogP contribution in [0.5, 0.6) is 0 Å². The first-order chi connectivity index (χ1) is 12.5. The smallest absolute Gasteiger partial charge is 0.277 e. The fourth-order valence-corrected chi connectivity index (χ4v) is 3.19. The van der Waals surface area contributed by atoms with E-state index in [4.69, 9.17) is 27.6 Å². The molecule has 0 saturated carbocycles. The predicted octanol–water partition coefficient (Wildman–Crippen LogP) is 4.76. The standard InChI is InChI=1S/C18H15Cl2N3O2S/c1-11-2-4-12(5-3-11)17-22-23-18(25-17)26-10-16(24)21-9-13-6-7-14(19)8-15(13)20/h2-8H,9-10H2,1H3,(H,21,24). The van der Waals surface area contributed by atoms with E-state index in [2.05, 4.69) is 15.5 Å². The zero-order valence-electron chi connectivity index (χ0n) is 13.8. The highest BCUT2D eigenvalue weighted by Gasteiger charge is 2.11. The van der Waals surface area contributed by atoms with Crippen LogP contribution >= 0.6 is 35.0 Å². The van der Waals surface area contributed by atoms with Gasteiger partial charge in [0.2, 0.25) is 11.8 Å². The van der Waals surface area contributed by atoms with Crippen molar-refractivity contribution in [1.82, 2.24) is 15.5 Å². The van der Waals surface area contributed by atoms with Crippen molar-refractivity contribution >= 4 is 40.9 Å². The highest BCUT2D eigenvalue weighted by atomic mass is 35.5. The summed E-state index contributed by atoms with van der Waals surface area (Å²) >= 11 is 13.1. The Morgan fingerprint density at radius 1 is 1.15 bits per heavy atom. The normalized spacial score (nSPS) is 10.7. The van der Waals surface area contributed by atoms with Crippen LogP contribution in [0, 0.1) is 6.92 Å². The summed E-state index contributed by atoms with van der Waals surface area (Å²) in [4.78, 5) is 12.0. The van der Waals surface area contributed by atoms with Crippen LogP contribution in [0.15, 0.2) is 52.1 Å². The van der Waals surface area contributed by atoms with Crippen molar-refractivity contribution in [2.24, 2.45) is 0 Å². The Labute approximate surface area is 165 Å². The molecule has 8 heteroatoms. The van der Waals surface area contributed by atoms with Crippen LogP contribution in [-0.2, 0) is 11.3 Å². The first-order valence-corrected chi connectivity index (χ1v) is 9.49. The highest BCUT2D eigenvalue weighted by Crippen LogP contribution is 2.24. The lowest BCUT2D eigenvalue weighted by Crippen LogP contribution is -2.24. The second-order valence-corrected chi connectivity index (χ2v) is 7.31. The van der Waals surface area contributed by atoms with Gasteiger partial charge < -0.3 is 9.73 Å². The van der Waals surface area contributed by atoms with Gasteiger partial charge in [-0.2, -0.15) is 0 Å². The topological polar surface area (TPSA) is 68.0 Å². The Morgan fingerprint density at radius 3 is 2.65 bits per heavy atom. The Morgan fingerprint density at radius 2 is 1.92 bits per heavy atom. The van der Waals surface area contributed by atoms with Crippen LogP contribution in [0.25, 0.3) is 11.5 Å². The van der Waals surface area contributed by atoms with E-state index in [1.165, 1.54) is 11.8 Å². The quantitative estimate of drug-likeness (QED) is 0.596. The molecule has 1 amide bonds. The van der Waals surface area contributed by atoms with Crippen LogP contribution in [-0.4, -0.2) is 21.9 Å². The van der Waals surface area contributed by atoms with Crippen molar-refractivity contribution < 1.29 is 9.21 Å². The number of hydrogen-bond donors (Lipinski definition) is 1. The first-order valence-electron chi connectivity index (χ1n) is 7.75. The summed E-state index contributed by atoms with van der Waals surface area (Å²) in [6, 6.07) is 12.9. The third-order valence-corrected chi connectivity index (χ3v) is 4.93. The summed E-state index contributed by atoms with van der Waals surface area (Å²) in [7, 11) is 0. The molecule has 0 aliphatic carbocycles. The van der Waals surface area contributed by atoms with E-state index >= 15 is 0 Å². The van der Waals surface area contributed by atoms with Gasteiger partial charge in [0.1, 0.15) is 0 Å². The minimum Gasteiger partial charge on any atom is -0.411 e. The molecule has 1 heterocycles. The van der Waals surface area contributed by atoms with Crippen molar-refractivity contribution in [2.75, 3.05) is 5.75 Å². The summed E-state index contributed by atoms with van der Waals surface area (Å²) in [5.41, 5.74) is 2.80. The van der Waals surface area contributed by atoms with Gasteiger partial charge in [-0.05, 0) is 36.8 Å². The average molecular weight is 408 g/mol. The molecular formula is C18H15Cl2N3O2S. The fraction of sp³-hybridized carbons (Fsp3) is 0.167. The molecule has 0 aliphatic rings. The van der Waals surface area contributed by atoms with Crippen molar-refractivity contribution in [3.05, 3.63) is 63.6 Å². The Kier molecular flexibility index (Phi) is 6.19. The van der Waals surface area contributed by atoms with Crippen LogP contribution < -0.4 is 5.32 Å². The molecule has 0 fully saturated rings. The molecule has 0 radical (unpaired) electrons. The molecular weight excluding hydrogens is 393 g/mol. The summed E-state index contributed by atoms with van der Waals surface area (Å²) in [5, 5.41) is 12.2. The van der Waals surface area contributed by atoms with Crippen molar-refractivity contribution in [3.8, 4) is 11.5 Å². The maximum atomic E-state index is 12.0. The van der Waals surface area contributed by atoms with Crippen LogP contribution in [0.1, 0.15) is 11.1 Å². The van der Waals surface area contributed by atoms with Gasteiger partial charge in [0.25, 0.3) is 5.22 Å². The molecule has 26 heavy (non-hydrogen) atoms. The Bertz CT molecular complexity index is 913. The molecule has 3 rings (SSSR count). The molecule has 0 saturated heterocycles. The van der Waals surface area contributed by atoms with Crippen molar-refractivity contribution in [3.63, 3.8) is 0 Å². The maximum Gasteiger partial charge on any atom is 0.277 e. The molecule has 1 N–H and O–H groups in total. The van der Waals surface area contributed by atoms with E-state index in [9.17, 15) is 4.79 Å². The molecule has 5 nitrogen and oxygen atoms in total. The molecule has 0 unspecified atom stereocenters. The second kappa shape index (κ2) is 8.58. The largest absolute Gasteiger partial charge is 0.411 e. The third kappa shape index (κ3) is 5.00. The lowest BCUT2D eigenvalue weighted by molar-refractivity contribution is -0.118. The highest BCUT2D eigenvalue weighted by molar-refractivity contribution is 7.99. The van der Waals surface area contributed by atoms with Gasteiger partial charge in [0.15, 0.2) is 0 Å². The molecule has 0 bridgehead atoms. The number of aromatic nitrogens is 2. The summed E-state index contributed by atoms with van der Waals surface area (Å²) in [5.74, 6) is 0.442. The molecule has 134 valence electrons. The van der Waals surface area contributed by atoms with Gasteiger partial charge >= 0.3 is 0 Å². The number of aryl methyl sites for hydroxylation is 1. The Hall–Kier alpha value is -2.02. The van der Waals surface area contributed by atoms with Gasteiger partial charge in [-0.25, -0.2) is 0 Å². The van der Waals surface area contributed by atoms with Crippen LogP contribution in [0.4, 0.5) is 0 Å². The Balaban J connectivity index is 1.51. The van der Waals surface area contributed by atoms with E-state index in [1.807, 2.05) is 31.2 Å². The van der Waals surface area contributed by atoms with Crippen LogP contribution in [0.2, 0.25) is 10.0 Å². The number of hydrogen-bond acceptors (Lipinski definition) is 5. The number of benzene rings is 2. The van der Waals surface area contributed by atoms with E-state index < -0.39 is 0 Å². The van der Waals surface area contributed by atoms with Gasteiger partial charge in [0.05, 0.1) is 5.75 Å². The van der Waals surface area contributed by atoms with Crippen LogP contribution in [0.3, 0.4) is 0 Å². The molecule has 1 aromatic heterocycles. The van der Waals surface area contributed by atoms with Gasteiger partial charge in [0, 0.05) is 22.2 Å². The number of nitrogens with one attached hydrogen (secondary N) is 1. The maximum absolute atomic E-state index is 12.0. The van der Waals surface area contributed by atoms with Gasteiger partial charge in [-0.15, -0.1) is 10.2 Å². The predicted molar refractivity (Wildman–Crippen MR) is 104 cm³/mol. The van der Waals surface area contributed by atoms with Gasteiger partial charge in [-0.3, -0.25) is 4.79 Å². The number of carbonyl (C=O) groups excluding carboxylic acids is 1. The molecule has 0 spiro atoms. The average Bonchev–Trinajstić information content (AvgIpc) is 3.09. The SMILES string of the molecule is Cc1ccc(-c2nnc(SCC(=O)NCc3ccc(Cl)cc3Cl)o2)cc1. The fourth-order valence-electron chi connectivity index (χ4n) is 2.12. The molecule has 0 atom stereocenters. The number of amides is 1. The molecule has 3 aromatic rings. The molecule has 0 aliphatic heterocycles. The molecule has 2 aromatic carbocycles. The van der Waals surface area contributed by atoms with E-state index in [0.717, 1.165) is 16.7 Å². The number of rotatable bonds is 6. The van der Waals surface area contributed by atoms with E-state index in [0.29, 0.717) is 27.7 Å². The minimum absolute atomic E-state index is 0.156. The van der Waals surface area contributed by atoms with Crippen molar-refractivity contribution in [1.29, 1.82) is 0 Å². The van der Waals surface area contributed by atoms with E-state index in [1.54, 1.807) is 18.2 Å². The van der Waals surface area contributed by atoms with Crippen molar-refractivity contribution in [2.45, 2.75) is 18.7 Å². The second-order valence-electron chi connectivity index (χ2n) is 5.54. The monoisotopic (exact) mass is 407 g/mol. The minimum atomic E-state index is -0.156. The third-order valence-electron chi connectivity index (χ3n) is 3.52. The summed E-state index contributed by atoms with van der Waals surface area (Å²) in [6.45, 7) is 2.34. The van der Waals surface area contributed by atoms with E-state index in [-0.39, 0.29) is 11.7 Å². The lowest BCUT2D eigenvalue weighted by Gasteiger charge is -2.06.